The average molecular weight is 320 g/mol. The fraction of sp³-hybridized carbons (Fsp3) is 0.588. The van der Waals surface area contributed by atoms with Gasteiger partial charge in [-0.15, -0.1) is 0 Å². The lowest BCUT2D eigenvalue weighted by atomic mass is 9.63. The highest BCUT2D eigenvalue weighted by Crippen LogP contribution is 2.50. The molecule has 4 rings (SSSR count). The van der Waals surface area contributed by atoms with E-state index < -0.39 is 5.91 Å². The van der Waals surface area contributed by atoms with Crippen LogP contribution in [0.1, 0.15) is 40.7 Å². The van der Waals surface area contributed by atoms with E-state index in [4.69, 9.17) is 9.94 Å². The normalized spacial score (nSPS) is 30.1. The lowest BCUT2D eigenvalue weighted by Crippen LogP contribution is -2.56. The molecule has 0 unspecified atom stereocenters. The number of fused-ring (bicyclic) bond motifs is 1. The van der Waals surface area contributed by atoms with Gasteiger partial charge in [-0.25, -0.2) is 9.87 Å². The Kier molecular flexibility index (Phi) is 3.63. The van der Waals surface area contributed by atoms with Crippen molar-refractivity contribution in [3.63, 3.8) is 0 Å². The number of nitrogens with zero attached hydrogens (tertiary/aromatic N) is 1. The zero-order chi connectivity index (χ0) is 16.0. The minimum absolute atomic E-state index is 0.168. The minimum atomic E-state index is -0.671. The van der Waals surface area contributed by atoms with Crippen LogP contribution in [0.15, 0.2) is 12.1 Å². The Morgan fingerprint density at radius 1 is 1.43 bits per heavy atom. The molecule has 124 valence electrons. The van der Waals surface area contributed by atoms with Crippen LogP contribution in [0.25, 0.3) is 0 Å². The molecule has 5 nitrogen and oxygen atoms in total. The van der Waals surface area contributed by atoms with Crippen molar-refractivity contribution >= 4 is 5.91 Å². The molecule has 1 saturated heterocycles. The number of nitrogens with one attached hydrogen (secondary N) is 1. The maximum Gasteiger partial charge on any atom is 0.274 e. The zero-order valence-electron chi connectivity index (χ0n) is 13.0. The number of rotatable bonds is 2. The summed E-state index contributed by atoms with van der Waals surface area (Å²) in [6.07, 6.45) is 4.20. The summed E-state index contributed by atoms with van der Waals surface area (Å²) in [5.74, 6) is -1.03. The van der Waals surface area contributed by atoms with E-state index in [1.165, 1.54) is 12.5 Å². The Hall–Kier alpha value is -1.50. The Morgan fingerprint density at radius 3 is 2.96 bits per heavy atom. The molecular formula is C17H21FN2O3. The SMILES string of the molecule is O=C(NO)c1cc(F)c2c(c1)CCN([C@H]1CC[C@]13CCOC3)C2. The lowest BCUT2D eigenvalue weighted by Gasteiger charge is -2.53. The first-order chi connectivity index (χ1) is 11.1. The second-order valence-electron chi connectivity index (χ2n) is 6.98. The molecule has 3 aliphatic rings. The number of ether oxygens (including phenoxy) is 1. The van der Waals surface area contributed by atoms with Gasteiger partial charge < -0.3 is 4.74 Å². The van der Waals surface area contributed by atoms with Gasteiger partial charge in [0, 0.05) is 42.3 Å². The van der Waals surface area contributed by atoms with Crippen LogP contribution in [0.2, 0.25) is 0 Å². The van der Waals surface area contributed by atoms with Crippen LogP contribution in [0.4, 0.5) is 4.39 Å². The maximum atomic E-state index is 14.4. The fourth-order valence-electron chi connectivity index (χ4n) is 4.44. The van der Waals surface area contributed by atoms with Crippen molar-refractivity contribution in [1.29, 1.82) is 0 Å². The third-order valence-electron chi connectivity index (χ3n) is 5.88. The van der Waals surface area contributed by atoms with Crippen LogP contribution in [0, 0.1) is 11.2 Å². The first-order valence-electron chi connectivity index (χ1n) is 8.20. The molecule has 1 saturated carbocycles. The van der Waals surface area contributed by atoms with Crippen molar-refractivity contribution in [2.75, 3.05) is 19.8 Å². The summed E-state index contributed by atoms with van der Waals surface area (Å²) in [6, 6.07) is 3.39. The van der Waals surface area contributed by atoms with Crippen molar-refractivity contribution in [2.45, 2.75) is 38.3 Å². The molecule has 1 spiro atoms. The summed E-state index contributed by atoms with van der Waals surface area (Å²) < 4.78 is 20.0. The molecule has 1 aromatic carbocycles. The van der Waals surface area contributed by atoms with E-state index in [-0.39, 0.29) is 16.8 Å². The molecule has 23 heavy (non-hydrogen) atoms. The number of hydrogen-bond acceptors (Lipinski definition) is 4. The zero-order valence-corrected chi connectivity index (χ0v) is 13.0. The van der Waals surface area contributed by atoms with Gasteiger partial charge in [0.1, 0.15) is 5.82 Å². The third-order valence-corrected chi connectivity index (χ3v) is 5.88. The lowest BCUT2D eigenvalue weighted by molar-refractivity contribution is -0.0391. The Balaban J connectivity index is 1.57. The highest BCUT2D eigenvalue weighted by Gasteiger charge is 2.51. The molecule has 1 aliphatic carbocycles. The molecule has 2 heterocycles. The molecule has 2 fully saturated rings. The van der Waals surface area contributed by atoms with Crippen molar-refractivity contribution in [2.24, 2.45) is 5.41 Å². The van der Waals surface area contributed by atoms with Gasteiger partial charge in [-0.1, -0.05) is 0 Å². The smallest absolute Gasteiger partial charge is 0.274 e. The highest BCUT2D eigenvalue weighted by molar-refractivity contribution is 5.93. The molecule has 0 aromatic heterocycles. The van der Waals surface area contributed by atoms with Crippen LogP contribution in [0.5, 0.6) is 0 Å². The first kappa shape index (κ1) is 15.1. The van der Waals surface area contributed by atoms with E-state index in [9.17, 15) is 9.18 Å². The van der Waals surface area contributed by atoms with Gasteiger partial charge in [-0.3, -0.25) is 14.9 Å². The van der Waals surface area contributed by atoms with Crippen LogP contribution in [0.3, 0.4) is 0 Å². The number of hydroxylamine groups is 1. The van der Waals surface area contributed by atoms with E-state index in [1.54, 1.807) is 11.5 Å². The maximum absolute atomic E-state index is 14.4. The Morgan fingerprint density at radius 2 is 2.30 bits per heavy atom. The van der Waals surface area contributed by atoms with Crippen LogP contribution in [-0.2, 0) is 17.7 Å². The molecule has 1 amide bonds. The summed E-state index contributed by atoms with van der Waals surface area (Å²) in [4.78, 5) is 13.9. The molecule has 1 aromatic rings. The molecule has 2 N–H and O–H groups in total. The van der Waals surface area contributed by atoms with Crippen molar-refractivity contribution in [3.8, 4) is 0 Å². The van der Waals surface area contributed by atoms with Crippen molar-refractivity contribution in [3.05, 3.63) is 34.6 Å². The van der Waals surface area contributed by atoms with E-state index in [0.29, 0.717) is 18.2 Å². The number of carbonyl (C=O) groups is 1. The average Bonchev–Trinajstić information content (AvgIpc) is 3.05. The predicted octanol–water partition coefficient (Wildman–Crippen LogP) is 1.87. The van der Waals surface area contributed by atoms with E-state index in [1.807, 2.05) is 0 Å². The monoisotopic (exact) mass is 320 g/mol. The Bertz CT molecular complexity index is 643. The first-order valence-corrected chi connectivity index (χ1v) is 8.20. The highest BCUT2D eigenvalue weighted by atomic mass is 19.1. The molecule has 0 bridgehead atoms. The quantitative estimate of drug-likeness (QED) is 0.645. The minimum Gasteiger partial charge on any atom is -0.381 e. The van der Waals surface area contributed by atoms with Gasteiger partial charge >= 0.3 is 0 Å². The largest absolute Gasteiger partial charge is 0.381 e. The number of amides is 1. The van der Waals surface area contributed by atoms with Gasteiger partial charge in [0.05, 0.1) is 6.61 Å². The number of carbonyl (C=O) groups excluding carboxylic acids is 1. The second-order valence-corrected chi connectivity index (χ2v) is 6.98. The molecular weight excluding hydrogens is 299 g/mol. The van der Waals surface area contributed by atoms with Crippen LogP contribution < -0.4 is 5.48 Å². The van der Waals surface area contributed by atoms with Gasteiger partial charge in [0.2, 0.25) is 0 Å². The summed E-state index contributed by atoms with van der Waals surface area (Å²) in [6.45, 7) is 3.14. The van der Waals surface area contributed by atoms with Gasteiger partial charge in [-0.2, -0.15) is 0 Å². The van der Waals surface area contributed by atoms with E-state index >= 15 is 0 Å². The molecule has 6 heteroatoms. The topological polar surface area (TPSA) is 61.8 Å². The van der Waals surface area contributed by atoms with Crippen molar-refractivity contribution in [1.82, 2.24) is 10.4 Å². The summed E-state index contributed by atoms with van der Waals surface area (Å²) in [7, 11) is 0. The van der Waals surface area contributed by atoms with E-state index in [2.05, 4.69) is 4.90 Å². The summed E-state index contributed by atoms with van der Waals surface area (Å²) in [5, 5.41) is 8.71. The number of hydrogen-bond donors (Lipinski definition) is 2. The fourth-order valence-corrected chi connectivity index (χ4v) is 4.44. The van der Waals surface area contributed by atoms with Crippen LogP contribution in [-0.4, -0.2) is 41.8 Å². The van der Waals surface area contributed by atoms with Crippen molar-refractivity contribution < 1.29 is 19.1 Å². The van der Waals surface area contributed by atoms with E-state index in [0.717, 1.165) is 44.6 Å². The summed E-state index contributed by atoms with van der Waals surface area (Å²) >= 11 is 0. The van der Waals surface area contributed by atoms with Gasteiger partial charge in [-0.05, 0) is 43.4 Å². The van der Waals surface area contributed by atoms with Crippen LogP contribution >= 0.6 is 0 Å². The van der Waals surface area contributed by atoms with Gasteiger partial charge in [0.15, 0.2) is 0 Å². The number of halogens is 1. The summed E-state index contributed by atoms with van der Waals surface area (Å²) in [5.41, 5.74) is 3.57. The molecule has 2 aliphatic heterocycles. The molecule has 2 atom stereocenters. The second kappa shape index (κ2) is 5.54. The Labute approximate surface area is 134 Å². The predicted molar refractivity (Wildman–Crippen MR) is 80.7 cm³/mol. The molecule has 0 radical (unpaired) electrons. The van der Waals surface area contributed by atoms with Gasteiger partial charge in [0.25, 0.3) is 5.91 Å². The number of benzene rings is 1. The standard InChI is InChI=1S/C17H21FN2O3/c18-14-8-12(16(21)19-22)7-11-2-5-20(9-13(11)14)15-1-3-17(15)4-6-23-10-17/h7-8,15,22H,1-6,9-10H2,(H,19,21)/t15-,17+/m0/s1. The third kappa shape index (κ3) is 2.36.